The van der Waals surface area contributed by atoms with Crippen LogP contribution in [-0.2, 0) is 23.7 Å². The van der Waals surface area contributed by atoms with Crippen LogP contribution in [0.25, 0.3) is 119 Å². The summed E-state index contributed by atoms with van der Waals surface area (Å²) in [6.07, 6.45) is 12.8. The van der Waals surface area contributed by atoms with Crippen molar-refractivity contribution in [3.63, 3.8) is 0 Å². The molecule has 18 rings (SSSR count). The first kappa shape index (κ1) is 60.5. The molecular formula is C78H66ClN21. The quantitative estimate of drug-likeness (QED) is 0.0490. The number of nitrogens with zero attached hydrogens (tertiary/aromatic N) is 15. The van der Waals surface area contributed by atoms with Gasteiger partial charge in [0.05, 0.1) is 39.3 Å². The van der Waals surface area contributed by atoms with Crippen LogP contribution in [0, 0.1) is 0 Å². The van der Waals surface area contributed by atoms with Crippen molar-refractivity contribution < 1.29 is 0 Å². The van der Waals surface area contributed by atoms with Crippen molar-refractivity contribution in [2.75, 3.05) is 16.4 Å². The molecule has 21 nitrogen and oxygen atoms in total. The van der Waals surface area contributed by atoms with Gasteiger partial charge in [-0.05, 0) is 134 Å². The molecule has 3 saturated carbocycles. The molecule has 15 aromatic rings. The predicted molar refractivity (Wildman–Crippen MR) is 391 cm³/mol. The van der Waals surface area contributed by atoms with E-state index in [0.717, 1.165) is 124 Å². The third kappa shape index (κ3) is 10.1. The number of pyridine rings is 3. The van der Waals surface area contributed by atoms with Crippen molar-refractivity contribution in [1.82, 2.24) is 73.3 Å². The first-order valence-electron chi connectivity index (χ1n) is 33.5. The van der Waals surface area contributed by atoms with Crippen molar-refractivity contribution >= 4 is 62.5 Å². The fourth-order valence-electron chi connectivity index (χ4n) is 14.6. The fraction of sp³-hybridized carbons (Fsp3) is 0.167. The summed E-state index contributed by atoms with van der Waals surface area (Å²) in [7, 11) is 1.92. The van der Waals surface area contributed by atoms with Crippen molar-refractivity contribution in [1.29, 1.82) is 0 Å². The molecule has 490 valence electrons. The van der Waals surface area contributed by atoms with E-state index < -0.39 is 11.1 Å². The summed E-state index contributed by atoms with van der Waals surface area (Å²) in [6, 6.07) is 67.0. The minimum Gasteiger partial charge on any atom is -0.383 e. The van der Waals surface area contributed by atoms with Crippen molar-refractivity contribution in [2.24, 2.45) is 24.2 Å². The zero-order chi connectivity index (χ0) is 67.4. The number of aryl methyl sites for hydroxylation is 1. The molecule has 0 amide bonds. The first-order valence-corrected chi connectivity index (χ1v) is 33.9. The SMILES string of the molecule is Cn1cc(-c2nc3ccc(-c4ccccc4)nc3n2-c2ccc(C3(N)CCC3Nc3nccnc3-c3nc4ccc(-c5ccccc5)nc4n3-c3ccc(C4(N)CCC4)cc3)cc2)c(NC2CCC2(N)c2ccc(-n3c(-c4c(N)ncnc4Cl)nc4ccc(-c5ccccc5)nc43)cc2)n1. The molecule has 3 aliphatic rings. The Kier molecular flexibility index (Phi) is 14.3. The van der Waals surface area contributed by atoms with Crippen LogP contribution in [0.1, 0.15) is 61.6 Å². The Balaban J connectivity index is 0.662. The third-order valence-corrected chi connectivity index (χ3v) is 20.9. The average Bonchev–Trinajstić information content (AvgIpc) is 1.37. The summed E-state index contributed by atoms with van der Waals surface area (Å²) in [5.74, 6) is 3.10. The Morgan fingerprint density at radius 1 is 0.450 bits per heavy atom. The normalized spacial score (nSPS) is 18.6. The van der Waals surface area contributed by atoms with Crippen LogP contribution < -0.4 is 33.6 Å². The summed E-state index contributed by atoms with van der Waals surface area (Å²) in [5.41, 5.74) is 43.4. The van der Waals surface area contributed by atoms with Gasteiger partial charge in [-0.15, -0.1) is 0 Å². The topological polar surface area (TPSA) is 290 Å². The van der Waals surface area contributed by atoms with E-state index in [1.807, 2.05) is 138 Å². The number of fused-ring (bicyclic) bond motifs is 3. The van der Waals surface area contributed by atoms with Crippen LogP contribution in [0.2, 0.25) is 5.15 Å². The molecule has 100 heavy (non-hydrogen) atoms. The second-order valence-electron chi connectivity index (χ2n) is 26.5. The fourth-order valence-corrected chi connectivity index (χ4v) is 14.8. The summed E-state index contributed by atoms with van der Waals surface area (Å²) in [5, 5.41) is 12.9. The lowest BCUT2D eigenvalue weighted by Crippen LogP contribution is -2.59. The zero-order valence-corrected chi connectivity index (χ0v) is 55.1. The summed E-state index contributed by atoms with van der Waals surface area (Å²) >= 11 is 6.78. The van der Waals surface area contributed by atoms with E-state index in [1.165, 1.54) is 6.33 Å². The van der Waals surface area contributed by atoms with E-state index in [4.69, 9.17) is 79.5 Å². The summed E-state index contributed by atoms with van der Waals surface area (Å²) < 4.78 is 7.94. The number of hydrogen-bond acceptors (Lipinski definition) is 17. The van der Waals surface area contributed by atoms with E-state index in [-0.39, 0.29) is 28.6 Å². The minimum atomic E-state index is -0.785. The minimum absolute atomic E-state index is 0.175. The third-order valence-electron chi connectivity index (χ3n) is 20.6. The van der Waals surface area contributed by atoms with Gasteiger partial charge in [0.15, 0.2) is 46.1 Å². The van der Waals surface area contributed by atoms with Crippen LogP contribution >= 0.6 is 11.6 Å². The summed E-state index contributed by atoms with van der Waals surface area (Å²) in [4.78, 5) is 49.9. The van der Waals surface area contributed by atoms with Crippen LogP contribution in [0.4, 0.5) is 17.5 Å². The second-order valence-corrected chi connectivity index (χ2v) is 26.8. The molecule has 4 atom stereocenters. The highest BCUT2D eigenvalue weighted by Gasteiger charge is 2.47. The Morgan fingerprint density at radius 3 is 1.35 bits per heavy atom. The van der Waals surface area contributed by atoms with Crippen LogP contribution in [0.15, 0.2) is 225 Å². The predicted octanol–water partition coefficient (Wildman–Crippen LogP) is 13.6. The number of halogens is 1. The molecule has 9 aromatic heterocycles. The molecule has 0 radical (unpaired) electrons. The first-order chi connectivity index (χ1) is 48.8. The molecular weight excluding hydrogens is 1270 g/mol. The number of hydrogen-bond donors (Lipinski definition) is 6. The number of aromatic nitrogens is 15. The van der Waals surface area contributed by atoms with Crippen LogP contribution in [0.3, 0.4) is 0 Å². The second kappa shape index (κ2) is 23.7. The Bertz CT molecular complexity index is 5620. The molecule has 6 aromatic carbocycles. The highest BCUT2D eigenvalue weighted by Crippen LogP contribution is 2.47. The van der Waals surface area contributed by atoms with Gasteiger partial charge in [0.25, 0.3) is 0 Å². The average molecular weight is 1330 g/mol. The molecule has 3 aliphatic carbocycles. The lowest BCUT2D eigenvalue weighted by molar-refractivity contribution is 0.219. The highest BCUT2D eigenvalue weighted by molar-refractivity contribution is 6.32. The number of nitrogens with one attached hydrogen (secondary N) is 2. The Morgan fingerprint density at radius 2 is 0.890 bits per heavy atom. The van der Waals surface area contributed by atoms with Crippen molar-refractivity contribution in [3.05, 3.63) is 247 Å². The van der Waals surface area contributed by atoms with E-state index in [2.05, 4.69) is 115 Å². The monoisotopic (exact) mass is 1330 g/mol. The van der Waals surface area contributed by atoms with Gasteiger partial charge in [-0.2, -0.15) is 5.10 Å². The number of benzene rings is 6. The van der Waals surface area contributed by atoms with E-state index in [0.29, 0.717) is 68.3 Å². The standard InChI is InChI=1S/C78H66ClN21/c1-97-44-55(68(96-97)94-62-36-40-77(62,82)50-22-28-53(29-23-50)99-72-60(34-31-57(89-72)47-14-7-3-8-15-47)92-74(99)64-66(79)86-45-87-67(64)80)70-91-59-33-30-56(46-12-5-2-6-13-46)88-71(59)98(70)52-26-20-51(21-27-52)78(83)41-37-63(78)95-69-65(84-42-43-85-69)75-93-61-35-32-58(48-16-9-4-10-17-48)90-73(61)100(75)54-24-18-49(19-25-54)76(81)38-11-39-76/h2-10,12-35,42-45,62-63H,11,36-41,81-83H2,1H3,(H,85,95)(H,94,96)(H2,80,86,87). The molecule has 22 heteroatoms. The molecule has 0 spiro atoms. The number of nitrogens with two attached hydrogens (primary N) is 4. The van der Waals surface area contributed by atoms with E-state index in [1.54, 1.807) is 12.4 Å². The van der Waals surface area contributed by atoms with Gasteiger partial charge >= 0.3 is 0 Å². The Labute approximate surface area is 579 Å². The molecule has 4 unspecified atom stereocenters. The van der Waals surface area contributed by atoms with Gasteiger partial charge in [0.2, 0.25) is 0 Å². The molecule has 10 N–H and O–H groups in total. The lowest BCUT2D eigenvalue weighted by atomic mass is 9.68. The van der Waals surface area contributed by atoms with Crippen LogP contribution in [0.5, 0.6) is 0 Å². The maximum absolute atomic E-state index is 7.62. The summed E-state index contributed by atoms with van der Waals surface area (Å²) in [6.45, 7) is 0. The van der Waals surface area contributed by atoms with Crippen molar-refractivity contribution in [2.45, 2.75) is 73.6 Å². The maximum atomic E-state index is 7.62. The van der Waals surface area contributed by atoms with Crippen LogP contribution in [-0.4, -0.2) is 85.4 Å². The number of rotatable bonds is 16. The number of anilines is 3. The lowest BCUT2D eigenvalue weighted by Gasteiger charge is -2.47. The molecule has 0 saturated heterocycles. The molecule has 0 aliphatic heterocycles. The molecule has 9 heterocycles. The van der Waals surface area contributed by atoms with Gasteiger partial charge in [-0.25, -0.2) is 49.8 Å². The van der Waals surface area contributed by atoms with E-state index >= 15 is 0 Å². The van der Waals surface area contributed by atoms with Gasteiger partial charge in [-0.3, -0.25) is 18.4 Å². The largest absolute Gasteiger partial charge is 0.383 e. The molecule has 0 bridgehead atoms. The zero-order valence-electron chi connectivity index (χ0n) is 54.4. The van der Waals surface area contributed by atoms with Gasteiger partial charge in [-0.1, -0.05) is 139 Å². The van der Waals surface area contributed by atoms with Gasteiger partial charge < -0.3 is 33.6 Å². The smallest absolute Gasteiger partial charge is 0.169 e. The highest BCUT2D eigenvalue weighted by atomic mass is 35.5. The van der Waals surface area contributed by atoms with E-state index in [9.17, 15) is 0 Å². The maximum Gasteiger partial charge on any atom is 0.169 e. The molecule has 3 fully saturated rings. The van der Waals surface area contributed by atoms with Gasteiger partial charge in [0.1, 0.15) is 39.5 Å². The van der Waals surface area contributed by atoms with Crippen molar-refractivity contribution in [3.8, 4) is 85.1 Å². The van der Waals surface area contributed by atoms with Gasteiger partial charge in [0, 0.05) is 77.0 Å². The number of imidazole rings is 3. The number of nitrogen functional groups attached to an aromatic ring is 1. The Hall–Kier alpha value is -11.9.